The van der Waals surface area contributed by atoms with Crippen molar-refractivity contribution in [1.82, 2.24) is 9.78 Å². The number of halogens is 1. The number of anilines is 1. The van der Waals surface area contributed by atoms with Crippen molar-refractivity contribution in [2.45, 2.75) is 31.4 Å². The molecule has 72 valence electrons. The fraction of sp³-hybridized carbons (Fsp3) is 0.625. The molecule has 1 aliphatic carbocycles. The van der Waals surface area contributed by atoms with Gasteiger partial charge in [-0.15, -0.1) is 0 Å². The molecule has 1 saturated carbocycles. The standard InChI is InChI=1S/C8H12ClN3O/c9-7-6(10)5-11-12(7)8(13)3-1-2-4-8/h5,13H,1-4,10H2. The van der Waals surface area contributed by atoms with Crippen molar-refractivity contribution in [2.24, 2.45) is 0 Å². The highest BCUT2D eigenvalue weighted by Gasteiger charge is 2.35. The number of nitrogens with zero attached hydrogens (tertiary/aromatic N) is 2. The van der Waals surface area contributed by atoms with E-state index in [2.05, 4.69) is 5.10 Å². The Bertz CT molecular complexity index is 317. The highest BCUT2D eigenvalue weighted by molar-refractivity contribution is 6.32. The van der Waals surface area contributed by atoms with Crippen LogP contribution in [0.1, 0.15) is 25.7 Å². The second kappa shape index (κ2) is 2.89. The van der Waals surface area contributed by atoms with E-state index in [1.807, 2.05) is 0 Å². The fourth-order valence-corrected chi connectivity index (χ4v) is 2.04. The van der Waals surface area contributed by atoms with E-state index < -0.39 is 5.72 Å². The minimum absolute atomic E-state index is 0.337. The van der Waals surface area contributed by atoms with E-state index in [9.17, 15) is 5.11 Å². The van der Waals surface area contributed by atoms with Gasteiger partial charge in [0.05, 0.1) is 11.9 Å². The maximum absolute atomic E-state index is 10.1. The van der Waals surface area contributed by atoms with E-state index >= 15 is 0 Å². The van der Waals surface area contributed by atoms with Gasteiger partial charge < -0.3 is 10.8 Å². The Morgan fingerprint density at radius 1 is 1.54 bits per heavy atom. The van der Waals surface area contributed by atoms with Gasteiger partial charge in [0.2, 0.25) is 0 Å². The normalized spacial score (nSPS) is 20.8. The van der Waals surface area contributed by atoms with E-state index in [4.69, 9.17) is 17.3 Å². The van der Waals surface area contributed by atoms with Crippen LogP contribution in [0.3, 0.4) is 0 Å². The number of aliphatic hydroxyl groups is 1. The third-order valence-electron chi connectivity index (χ3n) is 2.54. The SMILES string of the molecule is Nc1cnn(C2(O)CCCC2)c1Cl. The summed E-state index contributed by atoms with van der Waals surface area (Å²) < 4.78 is 1.43. The van der Waals surface area contributed by atoms with E-state index in [-0.39, 0.29) is 0 Å². The Hall–Kier alpha value is -0.740. The van der Waals surface area contributed by atoms with Crippen molar-refractivity contribution in [2.75, 3.05) is 5.73 Å². The number of aromatic nitrogens is 2. The molecule has 1 aromatic rings. The summed E-state index contributed by atoms with van der Waals surface area (Å²) in [6.07, 6.45) is 4.89. The summed E-state index contributed by atoms with van der Waals surface area (Å²) in [5, 5.41) is 14.4. The third kappa shape index (κ3) is 1.30. The second-order valence-electron chi connectivity index (χ2n) is 3.49. The van der Waals surface area contributed by atoms with Gasteiger partial charge in [-0.1, -0.05) is 11.6 Å². The Morgan fingerprint density at radius 3 is 2.62 bits per heavy atom. The highest BCUT2D eigenvalue weighted by atomic mass is 35.5. The van der Waals surface area contributed by atoms with Crippen molar-refractivity contribution in [1.29, 1.82) is 0 Å². The molecule has 0 unspecified atom stereocenters. The second-order valence-corrected chi connectivity index (χ2v) is 3.85. The fourth-order valence-electron chi connectivity index (χ4n) is 1.79. The molecule has 0 aromatic carbocycles. The number of rotatable bonds is 1. The lowest BCUT2D eigenvalue weighted by Gasteiger charge is -2.23. The van der Waals surface area contributed by atoms with Crippen LogP contribution in [0.15, 0.2) is 6.20 Å². The zero-order valence-corrected chi connectivity index (χ0v) is 7.96. The Kier molecular flexibility index (Phi) is 1.96. The lowest BCUT2D eigenvalue weighted by atomic mass is 10.2. The Morgan fingerprint density at radius 2 is 2.15 bits per heavy atom. The van der Waals surface area contributed by atoms with E-state index in [0.717, 1.165) is 12.8 Å². The molecule has 0 spiro atoms. The van der Waals surface area contributed by atoms with Crippen LogP contribution in [0.5, 0.6) is 0 Å². The molecule has 0 amide bonds. The van der Waals surface area contributed by atoms with E-state index in [1.54, 1.807) is 0 Å². The van der Waals surface area contributed by atoms with E-state index in [1.165, 1.54) is 10.9 Å². The van der Waals surface area contributed by atoms with Crippen molar-refractivity contribution in [3.8, 4) is 0 Å². The van der Waals surface area contributed by atoms with Crippen LogP contribution in [0.25, 0.3) is 0 Å². The van der Waals surface area contributed by atoms with Crippen LogP contribution < -0.4 is 5.73 Å². The first-order chi connectivity index (χ1) is 6.13. The zero-order valence-electron chi connectivity index (χ0n) is 7.20. The molecule has 0 saturated heterocycles. The molecule has 0 aliphatic heterocycles. The molecule has 5 heteroatoms. The number of hydrogen-bond donors (Lipinski definition) is 2. The molecule has 0 atom stereocenters. The monoisotopic (exact) mass is 201 g/mol. The third-order valence-corrected chi connectivity index (χ3v) is 2.91. The topological polar surface area (TPSA) is 64.1 Å². The van der Waals surface area contributed by atoms with E-state index in [0.29, 0.717) is 23.7 Å². The summed E-state index contributed by atoms with van der Waals surface area (Å²) >= 11 is 5.89. The van der Waals surface area contributed by atoms with Crippen LogP contribution in [0, 0.1) is 0 Å². The maximum Gasteiger partial charge on any atom is 0.159 e. The lowest BCUT2D eigenvalue weighted by molar-refractivity contribution is -0.0414. The average molecular weight is 202 g/mol. The summed E-state index contributed by atoms with van der Waals surface area (Å²) in [7, 11) is 0. The molecule has 1 aromatic heterocycles. The van der Waals surface area contributed by atoms with Crippen molar-refractivity contribution >= 4 is 17.3 Å². The summed E-state index contributed by atoms with van der Waals surface area (Å²) in [4.78, 5) is 0. The predicted octanol–water partition coefficient (Wildman–Crippen LogP) is 1.34. The van der Waals surface area contributed by atoms with Crippen molar-refractivity contribution in [3.63, 3.8) is 0 Å². The molecule has 3 N–H and O–H groups in total. The number of nitrogen functional groups attached to an aromatic ring is 1. The predicted molar refractivity (Wildman–Crippen MR) is 50.3 cm³/mol. The first-order valence-corrected chi connectivity index (χ1v) is 4.73. The first-order valence-electron chi connectivity index (χ1n) is 4.35. The summed E-state index contributed by atoms with van der Waals surface area (Å²) in [6.45, 7) is 0. The summed E-state index contributed by atoms with van der Waals surface area (Å²) in [6, 6.07) is 0. The molecular weight excluding hydrogens is 190 g/mol. The van der Waals surface area contributed by atoms with Gasteiger partial charge in [-0.25, -0.2) is 4.68 Å². The Balaban J connectivity index is 2.39. The van der Waals surface area contributed by atoms with Crippen molar-refractivity contribution < 1.29 is 5.11 Å². The van der Waals surface area contributed by atoms with Crippen LogP contribution in [0.4, 0.5) is 5.69 Å². The molecule has 1 heterocycles. The highest BCUT2D eigenvalue weighted by Crippen LogP contribution is 2.36. The van der Waals surface area contributed by atoms with Gasteiger partial charge in [-0.3, -0.25) is 0 Å². The molecule has 1 aliphatic rings. The van der Waals surface area contributed by atoms with Crippen LogP contribution in [-0.4, -0.2) is 14.9 Å². The summed E-state index contributed by atoms with van der Waals surface area (Å²) in [5.41, 5.74) is 5.05. The summed E-state index contributed by atoms with van der Waals surface area (Å²) in [5.74, 6) is 0. The average Bonchev–Trinajstić information content (AvgIpc) is 2.63. The smallest absolute Gasteiger partial charge is 0.159 e. The van der Waals surface area contributed by atoms with Crippen LogP contribution >= 0.6 is 11.6 Å². The van der Waals surface area contributed by atoms with Gasteiger partial charge >= 0.3 is 0 Å². The molecule has 0 radical (unpaired) electrons. The maximum atomic E-state index is 10.1. The van der Waals surface area contributed by atoms with Gasteiger partial charge in [0.25, 0.3) is 0 Å². The van der Waals surface area contributed by atoms with Crippen LogP contribution in [-0.2, 0) is 5.72 Å². The Labute approximate surface area is 81.3 Å². The van der Waals surface area contributed by atoms with Gasteiger partial charge in [-0.2, -0.15) is 5.10 Å². The minimum atomic E-state index is -0.908. The van der Waals surface area contributed by atoms with Gasteiger partial charge in [0.15, 0.2) is 10.9 Å². The first kappa shape index (κ1) is 8.84. The zero-order chi connectivity index (χ0) is 9.47. The van der Waals surface area contributed by atoms with Gasteiger partial charge in [-0.05, 0) is 25.7 Å². The molecule has 1 fully saturated rings. The minimum Gasteiger partial charge on any atom is -0.395 e. The van der Waals surface area contributed by atoms with Gasteiger partial charge in [0, 0.05) is 0 Å². The molecule has 13 heavy (non-hydrogen) atoms. The molecule has 2 rings (SSSR count). The quantitative estimate of drug-likeness (QED) is 0.721. The van der Waals surface area contributed by atoms with Gasteiger partial charge in [0.1, 0.15) is 0 Å². The van der Waals surface area contributed by atoms with Crippen molar-refractivity contribution in [3.05, 3.63) is 11.3 Å². The molecule has 0 bridgehead atoms. The number of hydrogen-bond acceptors (Lipinski definition) is 3. The lowest BCUT2D eigenvalue weighted by Crippen LogP contribution is -2.30. The molecular formula is C8H12ClN3O. The molecule has 4 nitrogen and oxygen atoms in total. The largest absolute Gasteiger partial charge is 0.395 e. The van der Waals surface area contributed by atoms with Crippen LogP contribution in [0.2, 0.25) is 5.15 Å². The number of nitrogens with two attached hydrogens (primary N) is 1.